The number of carbonyl (C=O) groups excluding carboxylic acids is 1. The number of nitrogens with one attached hydrogen (secondary N) is 1. The van der Waals surface area contributed by atoms with E-state index in [-0.39, 0.29) is 18.6 Å². The number of unbranched alkanes of at least 4 members (excludes halogenated alkanes) is 1. The van der Waals surface area contributed by atoms with Crippen molar-refractivity contribution >= 4 is 5.91 Å². The molecule has 0 saturated carbocycles. The number of nitrogens with two attached hydrogens (primary N) is 1. The number of hydrogen-bond donors (Lipinski definition) is 2. The van der Waals surface area contributed by atoms with Crippen LogP contribution in [0.25, 0.3) is 0 Å². The zero-order chi connectivity index (χ0) is 14.4. The zero-order valence-electron chi connectivity index (χ0n) is 12.2. The molecule has 1 unspecified atom stereocenters. The number of amides is 1. The zero-order valence-corrected chi connectivity index (χ0v) is 12.2. The minimum Gasteiger partial charge on any atom is -0.484 e. The quantitative estimate of drug-likeness (QED) is 0.779. The molecule has 0 fully saturated rings. The number of ether oxygens (including phenoxy) is 1. The number of carbonyl (C=O) groups is 1. The molecule has 1 aromatic rings. The predicted molar refractivity (Wildman–Crippen MR) is 79.9 cm³/mol. The summed E-state index contributed by atoms with van der Waals surface area (Å²) in [6.45, 7) is 2.90. The monoisotopic (exact) mass is 276 g/mol. The van der Waals surface area contributed by atoms with Gasteiger partial charge in [0.15, 0.2) is 6.61 Å². The molecule has 0 spiro atoms. The minimum atomic E-state index is -0.0622. The molecule has 0 heterocycles. The van der Waals surface area contributed by atoms with Gasteiger partial charge in [0.2, 0.25) is 0 Å². The SMILES string of the molecule is CCCCNC(=O)COc1ccc2c(c1)CC(N)CC2. The molecule has 4 nitrogen and oxygen atoms in total. The molecule has 110 valence electrons. The summed E-state index contributed by atoms with van der Waals surface area (Å²) in [6, 6.07) is 6.30. The molecule has 1 atom stereocenters. The Hall–Kier alpha value is -1.55. The van der Waals surface area contributed by atoms with Crippen molar-refractivity contribution in [3.63, 3.8) is 0 Å². The van der Waals surface area contributed by atoms with Gasteiger partial charge in [0.05, 0.1) is 0 Å². The lowest BCUT2D eigenvalue weighted by Gasteiger charge is -2.21. The lowest BCUT2D eigenvalue weighted by Crippen LogP contribution is -2.30. The Morgan fingerprint density at radius 2 is 2.30 bits per heavy atom. The summed E-state index contributed by atoms with van der Waals surface area (Å²) in [4.78, 5) is 11.6. The third-order valence-corrected chi connectivity index (χ3v) is 3.67. The summed E-state index contributed by atoms with van der Waals surface area (Å²) in [6.07, 6.45) is 5.06. The molecule has 0 saturated heterocycles. The Morgan fingerprint density at radius 1 is 1.45 bits per heavy atom. The largest absolute Gasteiger partial charge is 0.484 e. The molecular formula is C16H24N2O2. The van der Waals surface area contributed by atoms with Crippen molar-refractivity contribution in [2.45, 2.75) is 45.1 Å². The van der Waals surface area contributed by atoms with E-state index >= 15 is 0 Å². The lowest BCUT2D eigenvalue weighted by molar-refractivity contribution is -0.123. The van der Waals surface area contributed by atoms with Gasteiger partial charge >= 0.3 is 0 Å². The number of rotatable bonds is 6. The van der Waals surface area contributed by atoms with Crippen LogP contribution in [0, 0.1) is 0 Å². The fourth-order valence-electron chi connectivity index (χ4n) is 2.46. The Balaban J connectivity index is 1.84. The molecular weight excluding hydrogens is 252 g/mol. The highest BCUT2D eigenvalue weighted by molar-refractivity contribution is 5.77. The van der Waals surface area contributed by atoms with Gasteiger partial charge in [-0.1, -0.05) is 19.4 Å². The van der Waals surface area contributed by atoms with E-state index in [1.165, 1.54) is 11.1 Å². The Labute approximate surface area is 120 Å². The average molecular weight is 276 g/mol. The van der Waals surface area contributed by atoms with Crippen LogP contribution < -0.4 is 15.8 Å². The minimum absolute atomic E-state index is 0.0622. The second-order valence-corrected chi connectivity index (χ2v) is 5.43. The van der Waals surface area contributed by atoms with Gasteiger partial charge in [-0.15, -0.1) is 0 Å². The molecule has 20 heavy (non-hydrogen) atoms. The van der Waals surface area contributed by atoms with Crippen molar-refractivity contribution in [2.75, 3.05) is 13.2 Å². The van der Waals surface area contributed by atoms with Crippen molar-refractivity contribution < 1.29 is 9.53 Å². The fraction of sp³-hybridized carbons (Fsp3) is 0.562. The van der Waals surface area contributed by atoms with E-state index in [1.54, 1.807) is 0 Å². The van der Waals surface area contributed by atoms with Gasteiger partial charge in [-0.2, -0.15) is 0 Å². The molecule has 4 heteroatoms. The van der Waals surface area contributed by atoms with Crippen molar-refractivity contribution in [1.82, 2.24) is 5.32 Å². The second-order valence-electron chi connectivity index (χ2n) is 5.43. The second kappa shape index (κ2) is 7.29. The first-order valence-electron chi connectivity index (χ1n) is 7.46. The first-order chi connectivity index (χ1) is 9.69. The smallest absolute Gasteiger partial charge is 0.257 e. The molecule has 0 aliphatic heterocycles. The Kier molecular flexibility index (Phi) is 5.41. The third kappa shape index (κ3) is 4.23. The van der Waals surface area contributed by atoms with Crippen molar-refractivity contribution in [3.8, 4) is 5.75 Å². The van der Waals surface area contributed by atoms with Crippen LogP contribution in [0.2, 0.25) is 0 Å². The van der Waals surface area contributed by atoms with E-state index in [1.807, 2.05) is 12.1 Å². The van der Waals surface area contributed by atoms with Crippen molar-refractivity contribution in [1.29, 1.82) is 0 Å². The molecule has 1 aromatic carbocycles. The van der Waals surface area contributed by atoms with Gasteiger partial charge in [0.1, 0.15) is 5.75 Å². The number of hydrogen-bond acceptors (Lipinski definition) is 3. The standard InChI is InChI=1S/C16H24N2O2/c1-2-3-8-18-16(19)11-20-15-7-5-12-4-6-14(17)9-13(12)10-15/h5,7,10,14H,2-4,6,8-9,11,17H2,1H3,(H,18,19). The molecule has 1 amide bonds. The molecule has 0 radical (unpaired) electrons. The molecule has 0 bridgehead atoms. The van der Waals surface area contributed by atoms with Gasteiger partial charge in [0.25, 0.3) is 5.91 Å². The first-order valence-corrected chi connectivity index (χ1v) is 7.46. The van der Waals surface area contributed by atoms with Crippen LogP contribution in [0.4, 0.5) is 0 Å². The highest BCUT2D eigenvalue weighted by Gasteiger charge is 2.16. The van der Waals surface area contributed by atoms with Crippen LogP contribution in [-0.4, -0.2) is 25.1 Å². The van der Waals surface area contributed by atoms with Crippen LogP contribution >= 0.6 is 0 Å². The van der Waals surface area contributed by atoms with Crippen molar-refractivity contribution in [2.24, 2.45) is 5.73 Å². The van der Waals surface area contributed by atoms with E-state index in [9.17, 15) is 4.79 Å². The van der Waals surface area contributed by atoms with Crippen LogP contribution in [0.5, 0.6) is 5.75 Å². The maximum atomic E-state index is 11.6. The highest BCUT2D eigenvalue weighted by atomic mass is 16.5. The topological polar surface area (TPSA) is 64.3 Å². The molecule has 0 aromatic heterocycles. The molecule has 1 aliphatic rings. The Morgan fingerprint density at radius 3 is 3.10 bits per heavy atom. The molecule has 3 N–H and O–H groups in total. The van der Waals surface area contributed by atoms with Gasteiger partial charge in [0, 0.05) is 12.6 Å². The van der Waals surface area contributed by atoms with Crippen LogP contribution in [0.3, 0.4) is 0 Å². The van der Waals surface area contributed by atoms with Crippen LogP contribution in [0.15, 0.2) is 18.2 Å². The van der Waals surface area contributed by atoms with Gasteiger partial charge in [-0.3, -0.25) is 4.79 Å². The summed E-state index contributed by atoms with van der Waals surface area (Å²) >= 11 is 0. The van der Waals surface area contributed by atoms with Gasteiger partial charge < -0.3 is 15.8 Å². The van der Waals surface area contributed by atoms with E-state index in [0.717, 1.165) is 44.4 Å². The van der Waals surface area contributed by atoms with Gasteiger partial charge in [-0.25, -0.2) is 0 Å². The molecule has 1 aliphatic carbocycles. The van der Waals surface area contributed by atoms with E-state index < -0.39 is 0 Å². The van der Waals surface area contributed by atoms with Gasteiger partial charge in [-0.05, 0) is 48.9 Å². The number of fused-ring (bicyclic) bond motifs is 1. The summed E-state index contributed by atoms with van der Waals surface area (Å²) in [5.74, 6) is 0.691. The molecule has 2 rings (SSSR count). The number of benzene rings is 1. The highest BCUT2D eigenvalue weighted by Crippen LogP contribution is 2.24. The summed E-state index contributed by atoms with van der Waals surface area (Å²) in [7, 11) is 0. The van der Waals surface area contributed by atoms with Crippen LogP contribution in [0.1, 0.15) is 37.3 Å². The van der Waals surface area contributed by atoms with E-state index in [0.29, 0.717) is 0 Å². The van der Waals surface area contributed by atoms with Crippen molar-refractivity contribution in [3.05, 3.63) is 29.3 Å². The predicted octanol–water partition coefficient (Wildman–Crippen LogP) is 1.80. The number of aryl methyl sites for hydroxylation is 1. The van der Waals surface area contributed by atoms with E-state index in [4.69, 9.17) is 10.5 Å². The average Bonchev–Trinajstić information content (AvgIpc) is 2.45. The summed E-state index contributed by atoms with van der Waals surface area (Å²) in [5.41, 5.74) is 8.60. The summed E-state index contributed by atoms with van der Waals surface area (Å²) in [5, 5.41) is 2.84. The van der Waals surface area contributed by atoms with E-state index in [2.05, 4.69) is 18.3 Å². The summed E-state index contributed by atoms with van der Waals surface area (Å²) < 4.78 is 5.55. The maximum absolute atomic E-state index is 11.6. The third-order valence-electron chi connectivity index (χ3n) is 3.67. The van der Waals surface area contributed by atoms with Crippen LogP contribution in [-0.2, 0) is 17.6 Å². The fourth-order valence-corrected chi connectivity index (χ4v) is 2.46. The first kappa shape index (κ1) is 14.9. The Bertz CT molecular complexity index is 460. The maximum Gasteiger partial charge on any atom is 0.257 e. The normalized spacial score (nSPS) is 17.4. The lowest BCUT2D eigenvalue weighted by atomic mass is 9.89.